The Morgan fingerprint density at radius 1 is 1.36 bits per heavy atom. The first-order valence-electron chi connectivity index (χ1n) is 8.83. The topological polar surface area (TPSA) is 81.9 Å². The second kappa shape index (κ2) is 7.87. The lowest BCUT2D eigenvalue weighted by atomic mass is 10.2. The molecule has 7 nitrogen and oxygen atoms in total. The molecule has 0 aliphatic carbocycles. The standard InChI is InChI=1S/C19H21F2N5O2/c1-4-22-18(27)17-14-10-26(25-15(14)5-6-23-17)9-13-7-12(2)16(8-24-13)28-11-19(3,20)21/h5-8,10H,4,9,11H2,1-3H3,(H,22,27). The number of carbonyl (C=O) groups excluding carboxylic acids is 1. The number of nitrogens with one attached hydrogen (secondary N) is 1. The Labute approximate surface area is 160 Å². The van der Waals surface area contributed by atoms with E-state index in [1.54, 1.807) is 36.1 Å². The van der Waals surface area contributed by atoms with Gasteiger partial charge >= 0.3 is 0 Å². The number of rotatable bonds is 7. The molecule has 0 spiro atoms. The van der Waals surface area contributed by atoms with Crippen molar-refractivity contribution in [1.82, 2.24) is 25.1 Å². The van der Waals surface area contributed by atoms with Crippen LogP contribution in [-0.2, 0) is 6.54 Å². The summed E-state index contributed by atoms with van der Waals surface area (Å²) in [4.78, 5) is 20.6. The number of fused-ring (bicyclic) bond motifs is 1. The van der Waals surface area contributed by atoms with Gasteiger partial charge in [0.2, 0.25) is 0 Å². The van der Waals surface area contributed by atoms with Gasteiger partial charge in [-0.25, -0.2) is 8.78 Å². The average Bonchev–Trinajstić information content (AvgIpc) is 3.02. The molecule has 28 heavy (non-hydrogen) atoms. The Hall–Kier alpha value is -3.10. The number of carbonyl (C=O) groups is 1. The van der Waals surface area contributed by atoms with E-state index in [0.29, 0.717) is 46.7 Å². The molecule has 0 fully saturated rings. The lowest BCUT2D eigenvalue weighted by Gasteiger charge is -2.14. The molecule has 3 heterocycles. The van der Waals surface area contributed by atoms with Crippen molar-refractivity contribution in [2.24, 2.45) is 0 Å². The highest BCUT2D eigenvalue weighted by molar-refractivity contribution is 6.04. The number of aromatic nitrogens is 4. The summed E-state index contributed by atoms with van der Waals surface area (Å²) in [7, 11) is 0. The van der Waals surface area contributed by atoms with Gasteiger partial charge in [0.1, 0.15) is 11.4 Å². The van der Waals surface area contributed by atoms with Crippen molar-refractivity contribution in [2.45, 2.75) is 33.2 Å². The van der Waals surface area contributed by atoms with Gasteiger partial charge in [0.25, 0.3) is 11.8 Å². The van der Waals surface area contributed by atoms with Crippen LogP contribution in [0.2, 0.25) is 0 Å². The van der Waals surface area contributed by atoms with Crippen molar-refractivity contribution in [3.8, 4) is 5.75 Å². The highest BCUT2D eigenvalue weighted by atomic mass is 19.3. The molecule has 3 aromatic heterocycles. The van der Waals surface area contributed by atoms with Crippen molar-refractivity contribution in [2.75, 3.05) is 13.2 Å². The van der Waals surface area contributed by atoms with E-state index in [0.717, 1.165) is 6.92 Å². The number of ether oxygens (including phenoxy) is 1. The molecule has 0 saturated heterocycles. The highest BCUT2D eigenvalue weighted by Gasteiger charge is 2.22. The predicted octanol–water partition coefficient (Wildman–Crippen LogP) is 2.97. The zero-order valence-electron chi connectivity index (χ0n) is 15.9. The average molecular weight is 389 g/mol. The van der Waals surface area contributed by atoms with E-state index in [9.17, 15) is 13.6 Å². The highest BCUT2D eigenvalue weighted by Crippen LogP contribution is 2.21. The van der Waals surface area contributed by atoms with Crippen LogP contribution >= 0.6 is 0 Å². The summed E-state index contributed by atoms with van der Waals surface area (Å²) in [6.07, 6.45) is 4.72. The molecule has 9 heteroatoms. The van der Waals surface area contributed by atoms with Crippen LogP contribution in [0.3, 0.4) is 0 Å². The van der Waals surface area contributed by atoms with E-state index in [1.807, 2.05) is 6.92 Å². The van der Waals surface area contributed by atoms with Crippen molar-refractivity contribution >= 4 is 16.8 Å². The van der Waals surface area contributed by atoms with Crippen LogP contribution in [-0.4, -0.2) is 44.7 Å². The van der Waals surface area contributed by atoms with Crippen LogP contribution in [0.5, 0.6) is 5.75 Å². The number of hydrogen-bond acceptors (Lipinski definition) is 5. The number of hydrogen-bond donors (Lipinski definition) is 1. The third-order valence-electron chi connectivity index (χ3n) is 3.96. The van der Waals surface area contributed by atoms with Gasteiger partial charge in [-0.3, -0.25) is 19.4 Å². The molecular formula is C19H21F2N5O2. The predicted molar refractivity (Wildman–Crippen MR) is 99.7 cm³/mol. The molecule has 3 aromatic rings. The summed E-state index contributed by atoms with van der Waals surface area (Å²) in [6.45, 7) is 4.57. The molecule has 3 rings (SSSR count). The molecule has 0 aliphatic heterocycles. The summed E-state index contributed by atoms with van der Waals surface area (Å²) in [6, 6.07) is 3.49. The number of aryl methyl sites for hydroxylation is 1. The Bertz CT molecular complexity index is 998. The second-order valence-electron chi connectivity index (χ2n) is 6.58. The quantitative estimate of drug-likeness (QED) is 0.672. The number of pyridine rings is 2. The smallest absolute Gasteiger partial charge is 0.278 e. The third-order valence-corrected chi connectivity index (χ3v) is 3.96. The molecule has 1 N–H and O–H groups in total. The minimum atomic E-state index is -2.91. The van der Waals surface area contributed by atoms with Crippen LogP contribution in [0.4, 0.5) is 8.78 Å². The van der Waals surface area contributed by atoms with Crippen molar-refractivity contribution < 1.29 is 18.3 Å². The molecule has 0 atom stereocenters. The molecule has 1 amide bonds. The van der Waals surface area contributed by atoms with Crippen LogP contribution in [0.1, 0.15) is 35.6 Å². The monoisotopic (exact) mass is 389 g/mol. The van der Waals surface area contributed by atoms with Gasteiger partial charge in [-0.15, -0.1) is 0 Å². The van der Waals surface area contributed by atoms with Gasteiger partial charge in [0.05, 0.1) is 29.3 Å². The minimum absolute atomic E-state index is 0.254. The largest absolute Gasteiger partial charge is 0.485 e. The Kier molecular flexibility index (Phi) is 5.53. The summed E-state index contributed by atoms with van der Waals surface area (Å²) in [5.41, 5.74) is 2.36. The summed E-state index contributed by atoms with van der Waals surface area (Å²) < 4.78 is 32.7. The molecule has 0 radical (unpaired) electrons. The fourth-order valence-corrected chi connectivity index (χ4v) is 2.71. The summed E-state index contributed by atoms with van der Waals surface area (Å²) in [5.74, 6) is -2.84. The van der Waals surface area contributed by atoms with Crippen molar-refractivity contribution in [3.05, 3.63) is 47.7 Å². The first-order valence-corrected chi connectivity index (χ1v) is 8.83. The van der Waals surface area contributed by atoms with Crippen LogP contribution < -0.4 is 10.1 Å². The van der Waals surface area contributed by atoms with Crippen LogP contribution in [0.25, 0.3) is 10.9 Å². The zero-order valence-corrected chi connectivity index (χ0v) is 15.9. The van der Waals surface area contributed by atoms with E-state index in [4.69, 9.17) is 4.74 Å². The van der Waals surface area contributed by atoms with Gasteiger partial charge in [0.15, 0.2) is 6.61 Å². The van der Waals surface area contributed by atoms with Crippen LogP contribution in [0.15, 0.2) is 30.7 Å². The van der Waals surface area contributed by atoms with Gasteiger partial charge in [-0.1, -0.05) is 0 Å². The SMILES string of the molecule is CCNC(=O)c1nccc2nn(Cc3cc(C)c(OCC(C)(F)F)cn3)cc12. The van der Waals surface area contributed by atoms with E-state index < -0.39 is 12.5 Å². The fraction of sp³-hybridized carbons (Fsp3) is 0.368. The van der Waals surface area contributed by atoms with E-state index in [2.05, 4.69) is 20.4 Å². The second-order valence-corrected chi connectivity index (χ2v) is 6.58. The number of halogens is 2. The van der Waals surface area contributed by atoms with Crippen molar-refractivity contribution in [1.29, 1.82) is 0 Å². The maximum atomic E-state index is 13.0. The normalized spacial score (nSPS) is 11.6. The fourth-order valence-electron chi connectivity index (χ4n) is 2.71. The number of alkyl halides is 2. The summed E-state index contributed by atoms with van der Waals surface area (Å²) >= 11 is 0. The molecule has 0 aromatic carbocycles. The number of nitrogens with zero attached hydrogens (tertiary/aromatic N) is 4. The molecule has 148 valence electrons. The Balaban J connectivity index is 1.80. The first kappa shape index (κ1) is 19.7. The molecule has 0 bridgehead atoms. The molecule has 0 aliphatic rings. The minimum Gasteiger partial charge on any atom is -0.485 e. The lowest BCUT2D eigenvalue weighted by Crippen LogP contribution is -2.23. The Morgan fingerprint density at radius 3 is 2.82 bits per heavy atom. The summed E-state index contributed by atoms with van der Waals surface area (Å²) in [5, 5.41) is 7.84. The maximum Gasteiger partial charge on any atom is 0.278 e. The number of amides is 1. The van der Waals surface area contributed by atoms with E-state index in [1.165, 1.54) is 6.20 Å². The zero-order chi connectivity index (χ0) is 20.3. The van der Waals surface area contributed by atoms with E-state index >= 15 is 0 Å². The lowest BCUT2D eigenvalue weighted by molar-refractivity contribution is -0.0232. The Morgan fingerprint density at radius 2 is 2.14 bits per heavy atom. The van der Waals surface area contributed by atoms with Crippen molar-refractivity contribution in [3.63, 3.8) is 0 Å². The third kappa shape index (κ3) is 4.59. The van der Waals surface area contributed by atoms with Gasteiger partial charge in [-0.05, 0) is 31.5 Å². The molecule has 0 saturated carbocycles. The van der Waals surface area contributed by atoms with E-state index in [-0.39, 0.29) is 5.91 Å². The van der Waals surface area contributed by atoms with Gasteiger partial charge in [0, 0.05) is 25.9 Å². The molecular weight excluding hydrogens is 368 g/mol. The maximum absolute atomic E-state index is 13.0. The first-order chi connectivity index (χ1) is 13.3. The van der Waals surface area contributed by atoms with Crippen LogP contribution in [0, 0.1) is 6.92 Å². The van der Waals surface area contributed by atoms with Gasteiger partial charge < -0.3 is 10.1 Å². The van der Waals surface area contributed by atoms with Gasteiger partial charge in [-0.2, -0.15) is 5.10 Å². The molecule has 0 unspecified atom stereocenters.